The monoisotopic (exact) mass is 454 g/mol. The maximum atomic E-state index is 13.2. The van der Waals surface area contributed by atoms with Crippen molar-refractivity contribution in [1.82, 2.24) is 15.0 Å². The van der Waals surface area contributed by atoms with Crippen molar-refractivity contribution < 1.29 is 4.79 Å². The zero-order valence-corrected chi connectivity index (χ0v) is 18.7. The fraction of sp³-hybridized carbons (Fsp3) is 0.304. The molecule has 1 amide bonds. The second-order valence-electron chi connectivity index (χ2n) is 7.72. The first-order chi connectivity index (χ1) is 15.0. The number of aromatic nitrogens is 2. The Bertz CT molecular complexity index is 1180. The SMILES string of the molecule is CC1CCC(=NNC(=O)CSc2nc3ccc(Cl)cc3c(=O)n2-c2ccccc2)CC1. The zero-order valence-electron chi connectivity index (χ0n) is 17.2. The van der Waals surface area contributed by atoms with Crippen LogP contribution in [0.25, 0.3) is 16.6 Å². The summed E-state index contributed by atoms with van der Waals surface area (Å²) < 4.78 is 1.52. The number of thioether (sulfide) groups is 1. The fourth-order valence-corrected chi connectivity index (χ4v) is 4.53. The van der Waals surface area contributed by atoms with Crippen molar-refractivity contribution in [2.45, 2.75) is 37.8 Å². The van der Waals surface area contributed by atoms with Crippen LogP contribution in [0.5, 0.6) is 0 Å². The third-order valence-corrected chi connectivity index (χ3v) is 6.51. The van der Waals surface area contributed by atoms with Crippen molar-refractivity contribution in [3.8, 4) is 5.69 Å². The number of para-hydroxylation sites is 1. The number of benzene rings is 2. The summed E-state index contributed by atoms with van der Waals surface area (Å²) in [6.07, 6.45) is 4.07. The highest BCUT2D eigenvalue weighted by atomic mass is 35.5. The van der Waals surface area contributed by atoms with Crippen molar-refractivity contribution in [3.63, 3.8) is 0 Å². The molecular weight excluding hydrogens is 432 g/mol. The largest absolute Gasteiger partial charge is 0.272 e. The number of carbonyl (C=O) groups is 1. The van der Waals surface area contributed by atoms with Gasteiger partial charge in [0, 0.05) is 10.7 Å². The minimum Gasteiger partial charge on any atom is -0.272 e. The summed E-state index contributed by atoms with van der Waals surface area (Å²) >= 11 is 7.30. The van der Waals surface area contributed by atoms with E-state index in [0.29, 0.717) is 32.7 Å². The minimum absolute atomic E-state index is 0.103. The van der Waals surface area contributed by atoms with Crippen molar-refractivity contribution in [2.75, 3.05) is 5.75 Å². The van der Waals surface area contributed by atoms with Crippen LogP contribution in [0.4, 0.5) is 0 Å². The predicted molar refractivity (Wildman–Crippen MR) is 126 cm³/mol. The second-order valence-corrected chi connectivity index (χ2v) is 9.10. The molecule has 1 fully saturated rings. The van der Waals surface area contributed by atoms with Gasteiger partial charge in [-0.2, -0.15) is 5.10 Å². The van der Waals surface area contributed by atoms with Gasteiger partial charge in [0.1, 0.15) is 0 Å². The maximum Gasteiger partial charge on any atom is 0.266 e. The summed E-state index contributed by atoms with van der Waals surface area (Å²) in [5, 5.41) is 5.64. The predicted octanol–water partition coefficient (Wildman–Crippen LogP) is 4.81. The quantitative estimate of drug-likeness (QED) is 0.341. The van der Waals surface area contributed by atoms with E-state index in [2.05, 4.69) is 22.4 Å². The third-order valence-electron chi connectivity index (χ3n) is 5.34. The molecule has 4 rings (SSSR count). The van der Waals surface area contributed by atoms with Crippen LogP contribution < -0.4 is 11.0 Å². The van der Waals surface area contributed by atoms with Gasteiger partial charge in [-0.15, -0.1) is 0 Å². The Morgan fingerprint density at radius 2 is 1.97 bits per heavy atom. The Hall–Kier alpha value is -2.64. The van der Waals surface area contributed by atoms with Gasteiger partial charge in [0.15, 0.2) is 5.16 Å². The number of hydrogen-bond acceptors (Lipinski definition) is 5. The molecule has 1 aliphatic rings. The number of hydrogen-bond donors (Lipinski definition) is 1. The third kappa shape index (κ3) is 5.17. The Balaban J connectivity index is 1.58. The summed E-state index contributed by atoms with van der Waals surface area (Å²) in [7, 11) is 0. The number of carbonyl (C=O) groups excluding carboxylic acids is 1. The second kappa shape index (κ2) is 9.66. The van der Waals surface area contributed by atoms with Crippen molar-refractivity contribution in [2.24, 2.45) is 11.0 Å². The minimum atomic E-state index is -0.224. The number of nitrogens with zero attached hydrogens (tertiary/aromatic N) is 3. The molecule has 0 saturated heterocycles. The van der Waals surface area contributed by atoms with Gasteiger partial charge in [0.2, 0.25) is 0 Å². The topological polar surface area (TPSA) is 76.3 Å². The Morgan fingerprint density at radius 3 is 2.71 bits per heavy atom. The van der Waals surface area contributed by atoms with Gasteiger partial charge in [-0.25, -0.2) is 10.4 Å². The molecule has 1 saturated carbocycles. The van der Waals surface area contributed by atoms with Gasteiger partial charge < -0.3 is 0 Å². The number of hydrazone groups is 1. The molecule has 8 heteroatoms. The Labute approximate surface area is 189 Å². The van der Waals surface area contributed by atoms with Gasteiger partial charge in [0.05, 0.1) is 22.3 Å². The normalized spacial score (nSPS) is 16.3. The van der Waals surface area contributed by atoms with E-state index in [1.54, 1.807) is 18.2 Å². The molecular formula is C23H23ClN4O2S. The molecule has 6 nitrogen and oxygen atoms in total. The molecule has 1 aromatic heterocycles. The van der Waals surface area contributed by atoms with E-state index in [1.165, 1.54) is 16.3 Å². The molecule has 0 atom stereocenters. The van der Waals surface area contributed by atoms with Crippen molar-refractivity contribution in [1.29, 1.82) is 0 Å². The lowest BCUT2D eigenvalue weighted by molar-refractivity contribution is -0.118. The average molecular weight is 455 g/mol. The highest BCUT2D eigenvalue weighted by Gasteiger charge is 2.16. The number of amides is 1. The van der Waals surface area contributed by atoms with E-state index in [9.17, 15) is 9.59 Å². The highest BCUT2D eigenvalue weighted by molar-refractivity contribution is 7.99. The van der Waals surface area contributed by atoms with E-state index in [4.69, 9.17) is 11.6 Å². The van der Waals surface area contributed by atoms with E-state index < -0.39 is 0 Å². The van der Waals surface area contributed by atoms with Crippen LogP contribution in [0.2, 0.25) is 5.02 Å². The van der Waals surface area contributed by atoms with Crippen LogP contribution in [0.3, 0.4) is 0 Å². The molecule has 0 bridgehead atoms. The summed E-state index contributed by atoms with van der Waals surface area (Å²) in [4.78, 5) is 30.3. The Morgan fingerprint density at radius 1 is 1.23 bits per heavy atom. The van der Waals surface area contributed by atoms with Crippen LogP contribution in [0.15, 0.2) is 63.6 Å². The number of nitrogens with one attached hydrogen (secondary N) is 1. The number of fused-ring (bicyclic) bond motifs is 1. The van der Waals surface area contributed by atoms with Crippen LogP contribution in [0, 0.1) is 5.92 Å². The van der Waals surface area contributed by atoms with Gasteiger partial charge in [0.25, 0.3) is 11.5 Å². The van der Waals surface area contributed by atoms with Crippen LogP contribution in [0.1, 0.15) is 32.6 Å². The lowest BCUT2D eigenvalue weighted by Crippen LogP contribution is -2.25. The first kappa shape index (κ1) is 21.6. The zero-order chi connectivity index (χ0) is 21.8. The van der Waals surface area contributed by atoms with E-state index >= 15 is 0 Å². The van der Waals surface area contributed by atoms with E-state index in [1.807, 2.05) is 30.3 Å². The van der Waals surface area contributed by atoms with Gasteiger partial charge in [-0.3, -0.25) is 14.2 Å². The molecule has 3 aromatic rings. The molecule has 0 aliphatic heterocycles. The van der Waals surface area contributed by atoms with Crippen LogP contribution >= 0.6 is 23.4 Å². The highest BCUT2D eigenvalue weighted by Crippen LogP contribution is 2.23. The first-order valence-corrected chi connectivity index (χ1v) is 11.6. The summed E-state index contributed by atoms with van der Waals surface area (Å²) in [5.74, 6) is 0.598. The molecule has 1 N–H and O–H groups in total. The van der Waals surface area contributed by atoms with Crippen molar-refractivity contribution in [3.05, 3.63) is 63.9 Å². The molecule has 160 valence electrons. The van der Waals surface area contributed by atoms with Crippen LogP contribution in [-0.4, -0.2) is 26.9 Å². The van der Waals surface area contributed by atoms with E-state index in [0.717, 1.165) is 31.4 Å². The molecule has 0 spiro atoms. The summed E-state index contributed by atoms with van der Waals surface area (Å²) in [6.45, 7) is 2.24. The lowest BCUT2D eigenvalue weighted by Gasteiger charge is -2.18. The van der Waals surface area contributed by atoms with Crippen molar-refractivity contribution >= 4 is 45.9 Å². The van der Waals surface area contributed by atoms with Gasteiger partial charge >= 0.3 is 0 Å². The standard InChI is InChI=1S/C23H23ClN4O2S/c1-15-7-10-17(11-8-15)26-27-21(29)14-31-23-25-20-12-9-16(24)13-19(20)22(30)28(23)18-5-3-2-4-6-18/h2-6,9,12-13,15H,7-8,10-11,14H2,1H3,(H,27,29). The molecule has 1 heterocycles. The van der Waals surface area contributed by atoms with E-state index in [-0.39, 0.29) is 17.2 Å². The molecule has 0 radical (unpaired) electrons. The maximum absolute atomic E-state index is 13.2. The molecule has 2 aromatic carbocycles. The smallest absolute Gasteiger partial charge is 0.266 e. The number of halogens is 1. The van der Waals surface area contributed by atoms with Gasteiger partial charge in [-0.1, -0.05) is 48.5 Å². The average Bonchev–Trinajstić information content (AvgIpc) is 2.78. The fourth-order valence-electron chi connectivity index (χ4n) is 3.55. The first-order valence-electron chi connectivity index (χ1n) is 10.3. The molecule has 1 aliphatic carbocycles. The summed E-state index contributed by atoms with van der Waals surface area (Å²) in [5.41, 5.74) is 4.69. The van der Waals surface area contributed by atoms with Crippen LogP contribution in [-0.2, 0) is 4.79 Å². The molecule has 31 heavy (non-hydrogen) atoms. The Kier molecular flexibility index (Phi) is 6.73. The van der Waals surface area contributed by atoms with Gasteiger partial charge in [-0.05, 0) is 61.9 Å². The lowest BCUT2D eigenvalue weighted by atomic mass is 9.90. The molecule has 0 unspecified atom stereocenters. The number of rotatable bonds is 5. The summed E-state index contributed by atoms with van der Waals surface area (Å²) in [6, 6.07) is 14.3.